The van der Waals surface area contributed by atoms with Crippen molar-refractivity contribution in [3.63, 3.8) is 0 Å². The third kappa shape index (κ3) is 7.11. The number of halogens is 4. The topological polar surface area (TPSA) is 110 Å². The van der Waals surface area contributed by atoms with E-state index in [1.54, 1.807) is 43.3 Å². The number of nitrogens with one attached hydrogen (secondary N) is 2. The molecule has 3 aromatic rings. The molecule has 0 aliphatic rings. The molecule has 0 saturated heterocycles. The minimum atomic E-state index is -1.52. The Bertz CT molecular complexity index is 1100. The smallest absolute Gasteiger partial charge is 0.254 e. The van der Waals surface area contributed by atoms with Gasteiger partial charge in [0.05, 0.1) is 11.8 Å². The maximum Gasteiger partial charge on any atom is 0.254 e. The van der Waals surface area contributed by atoms with Crippen molar-refractivity contribution in [1.82, 2.24) is 10.3 Å². The van der Waals surface area contributed by atoms with E-state index in [2.05, 4.69) is 10.3 Å². The summed E-state index contributed by atoms with van der Waals surface area (Å²) in [5.41, 5.74) is 6.14. The van der Waals surface area contributed by atoms with Gasteiger partial charge in [-0.15, -0.1) is 24.8 Å². The van der Waals surface area contributed by atoms with E-state index in [1.807, 2.05) is 0 Å². The Morgan fingerprint density at radius 2 is 1.85 bits per heavy atom. The van der Waals surface area contributed by atoms with Crippen molar-refractivity contribution in [1.29, 1.82) is 5.41 Å². The molecule has 11 heteroatoms. The summed E-state index contributed by atoms with van der Waals surface area (Å²) in [6.07, 6.45) is 1.39. The van der Waals surface area contributed by atoms with Crippen molar-refractivity contribution in [2.45, 2.75) is 19.6 Å². The number of carbonyl (C=O) groups is 1. The van der Waals surface area contributed by atoms with Crippen molar-refractivity contribution in [3.8, 4) is 11.5 Å². The van der Waals surface area contributed by atoms with Gasteiger partial charge in [0.1, 0.15) is 17.4 Å². The second-order valence-corrected chi connectivity index (χ2v) is 6.73. The van der Waals surface area contributed by atoms with Gasteiger partial charge in [0.2, 0.25) is 0 Å². The normalized spacial score (nSPS) is 10.9. The lowest BCUT2D eigenvalue weighted by Gasteiger charge is -2.20. The Hall–Kier alpha value is -3.27. The van der Waals surface area contributed by atoms with Gasteiger partial charge in [0, 0.05) is 24.9 Å². The zero-order valence-electron chi connectivity index (χ0n) is 18.1. The molecular formula is C23H24Cl2F2N4O3. The van der Waals surface area contributed by atoms with Crippen molar-refractivity contribution in [3.05, 3.63) is 89.2 Å². The third-order valence-electron chi connectivity index (χ3n) is 4.52. The number of pyridine rings is 1. The zero-order valence-corrected chi connectivity index (χ0v) is 19.7. The molecule has 34 heavy (non-hydrogen) atoms. The summed E-state index contributed by atoms with van der Waals surface area (Å²) in [7, 11) is 0. The standard InChI is InChI=1S/C23H22F2N4O3.2ClH/c1-2-31-21(23(30)29-12-14-5-7-15(8-6-14)22(26)27)19-17(24)9-10-18(20(19)25)32-16-4-3-11-28-13-16;;/h3-11,13,21H,2,12H2,1H3,(H3,26,27)(H,29,30);2*1H. The van der Waals surface area contributed by atoms with Crippen molar-refractivity contribution >= 4 is 36.6 Å². The molecule has 1 unspecified atom stereocenters. The number of hydrogen-bond acceptors (Lipinski definition) is 5. The fourth-order valence-corrected chi connectivity index (χ4v) is 2.94. The van der Waals surface area contributed by atoms with Crippen molar-refractivity contribution < 1.29 is 23.0 Å². The Labute approximate surface area is 208 Å². The van der Waals surface area contributed by atoms with Crippen LogP contribution in [0.1, 0.15) is 29.7 Å². The number of amidine groups is 1. The predicted molar refractivity (Wildman–Crippen MR) is 129 cm³/mol. The Balaban J connectivity index is 0.00000289. The average molecular weight is 513 g/mol. The number of amides is 1. The van der Waals surface area contributed by atoms with Gasteiger partial charge in [0.25, 0.3) is 5.91 Å². The SMILES string of the molecule is CCOC(C(=O)NCc1ccc(C(=N)N)cc1)c1c(F)ccc(Oc2cccnc2)c1F.Cl.Cl. The van der Waals surface area contributed by atoms with Gasteiger partial charge in [-0.05, 0) is 36.8 Å². The first-order valence-corrected chi connectivity index (χ1v) is 9.79. The van der Waals surface area contributed by atoms with E-state index in [-0.39, 0.29) is 55.3 Å². The summed E-state index contributed by atoms with van der Waals surface area (Å²) in [5.74, 6) is -2.74. The molecule has 0 fully saturated rings. The third-order valence-corrected chi connectivity index (χ3v) is 4.52. The largest absolute Gasteiger partial charge is 0.453 e. The number of ether oxygens (including phenoxy) is 2. The molecule has 1 amide bonds. The fraction of sp³-hybridized carbons (Fsp3) is 0.174. The van der Waals surface area contributed by atoms with Crippen molar-refractivity contribution in [2.75, 3.05) is 6.61 Å². The van der Waals surface area contributed by atoms with E-state index in [1.165, 1.54) is 12.4 Å². The molecule has 0 bridgehead atoms. The minimum absolute atomic E-state index is 0. The minimum Gasteiger partial charge on any atom is -0.453 e. The van der Waals surface area contributed by atoms with Gasteiger partial charge in [-0.2, -0.15) is 0 Å². The Morgan fingerprint density at radius 3 is 2.44 bits per heavy atom. The van der Waals surface area contributed by atoms with Gasteiger partial charge in [-0.1, -0.05) is 24.3 Å². The molecular weight excluding hydrogens is 489 g/mol. The molecule has 3 rings (SSSR count). The van der Waals surface area contributed by atoms with E-state index in [0.717, 1.165) is 12.1 Å². The molecule has 7 nitrogen and oxygen atoms in total. The van der Waals surface area contributed by atoms with E-state index < -0.39 is 29.2 Å². The number of nitrogens with two attached hydrogens (primary N) is 1. The molecule has 182 valence electrons. The molecule has 0 radical (unpaired) electrons. The number of carbonyl (C=O) groups excluding carboxylic acids is 1. The summed E-state index contributed by atoms with van der Waals surface area (Å²) in [6, 6.07) is 12.0. The van der Waals surface area contributed by atoms with E-state index in [4.69, 9.17) is 20.6 Å². The van der Waals surface area contributed by atoms with E-state index >= 15 is 4.39 Å². The lowest BCUT2D eigenvalue weighted by atomic mass is 10.1. The van der Waals surface area contributed by atoms with Crippen LogP contribution in [0, 0.1) is 17.0 Å². The second kappa shape index (κ2) is 13.4. The zero-order chi connectivity index (χ0) is 23.1. The second-order valence-electron chi connectivity index (χ2n) is 6.73. The van der Waals surface area contributed by atoms with Crippen molar-refractivity contribution in [2.24, 2.45) is 5.73 Å². The molecule has 1 aromatic heterocycles. The van der Waals surface area contributed by atoms with Gasteiger partial charge in [-0.25, -0.2) is 8.78 Å². The monoisotopic (exact) mass is 512 g/mol. The highest BCUT2D eigenvalue weighted by atomic mass is 35.5. The summed E-state index contributed by atoms with van der Waals surface area (Å²) < 4.78 is 40.6. The fourth-order valence-electron chi connectivity index (χ4n) is 2.94. The van der Waals surface area contributed by atoms with Crippen LogP contribution in [-0.4, -0.2) is 23.3 Å². The number of aromatic nitrogens is 1. The molecule has 1 atom stereocenters. The van der Waals surface area contributed by atoms with Crippen LogP contribution in [0.15, 0.2) is 60.9 Å². The van der Waals surface area contributed by atoms with E-state index in [9.17, 15) is 9.18 Å². The van der Waals surface area contributed by atoms with Crippen LogP contribution >= 0.6 is 24.8 Å². The highest BCUT2D eigenvalue weighted by Crippen LogP contribution is 2.32. The number of rotatable bonds is 9. The van der Waals surface area contributed by atoms with Crippen LogP contribution in [0.25, 0.3) is 0 Å². The lowest BCUT2D eigenvalue weighted by molar-refractivity contribution is -0.133. The average Bonchev–Trinajstić information content (AvgIpc) is 2.80. The number of nitrogen functional groups attached to an aromatic ring is 1. The van der Waals surface area contributed by atoms with Crippen LogP contribution < -0.4 is 15.8 Å². The lowest BCUT2D eigenvalue weighted by Crippen LogP contribution is -2.31. The van der Waals surface area contributed by atoms with Gasteiger partial charge < -0.3 is 20.5 Å². The maximum atomic E-state index is 15.2. The molecule has 1 heterocycles. The quantitative estimate of drug-likeness (QED) is 0.285. The molecule has 0 spiro atoms. The predicted octanol–water partition coefficient (Wildman–Crippen LogP) is 4.67. The first-order valence-electron chi connectivity index (χ1n) is 9.79. The summed E-state index contributed by atoms with van der Waals surface area (Å²) >= 11 is 0. The Morgan fingerprint density at radius 1 is 1.15 bits per heavy atom. The van der Waals surface area contributed by atoms with Crippen LogP contribution in [0.2, 0.25) is 0 Å². The number of nitrogens with zero attached hydrogens (tertiary/aromatic N) is 1. The summed E-state index contributed by atoms with van der Waals surface area (Å²) in [5, 5.41) is 10.0. The van der Waals surface area contributed by atoms with Gasteiger partial charge in [0.15, 0.2) is 17.7 Å². The van der Waals surface area contributed by atoms with E-state index in [0.29, 0.717) is 11.1 Å². The van der Waals surface area contributed by atoms with Crippen LogP contribution in [0.4, 0.5) is 8.78 Å². The summed E-state index contributed by atoms with van der Waals surface area (Å²) in [4.78, 5) is 16.7. The first kappa shape index (κ1) is 28.8. The molecule has 2 aromatic carbocycles. The number of hydrogen-bond donors (Lipinski definition) is 3. The molecule has 0 aliphatic carbocycles. The van der Waals surface area contributed by atoms with Gasteiger partial charge in [-0.3, -0.25) is 15.2 Å². The molecule has 0 aliphatic heterocycles. The highest BCUT2D eigenvalue weighted by Gasteiger charge is 2.30. The highest BCUT2D eigenvalue weighted by molar-refractivity contribution is 5.94. The van der Waals surface area contributed by atoms with Gasteiger partial charge >= 0.3 is 0 Å². The molecule has 4 N–H and O–H groups in total. The maximum absolute atomic E-state index is 15.2. The van der Waals surface area contributed by atoms with Crippen LogP contribution in [-0.2, 0) is 16.1 Å². The number of benzene rings is 2. The summed E-state index contributed by atoms with van der Waals surface area (Å²) in [6.45, 7) is 1.76. The Kier molecular flexibility index (Phi) is 11.4. The molecule has 0 saturated carbocycles. The first-order chi connectivity index (χ1) is 15.4. The van der Waals surface area contributed by atoms with Crippen LogP contribution in [0.3, 0.4) is 0 Å². The van der Waals surface area contributed by atoms with Crippen LogP contribution in [0.5, 0.6) is 11.5 Å².